The van der Waals surface area contributed by atoms with Gasteiger partial charge in [0.2, 0.25) is 0 Å². The second-order valence-electron chi connectivity index (χ2n) is 13.5. The van der Waals surface area contributed by atoms with Crippen LogP contribution in [0, 0.1) is 19.1 Å². The van der Waals surface area contributed by atoms with Crippen molar-refractivity contribution in [3.63, 3.8) is 0 Å². The fourth-order valence-electron chi connectivity index (χ4n) is 6.48. The van der Waals surface area contributed by atoms with E-state index in [9.17, 15) is 0 Å². The van der Waals surface area contributed by atoms with Gasteiger partial charge in [0.15, 0.2) is 0 Å². The number of hydrogen-bond acceptors (Lipinski definition) is 4. The van der Waals surface area contributed by atoms with Gasteiger partial charge in [-0.05, 0) is 62.4 Å². The molecule has 0 N–H and O–H groups in total. The van der Waals surface area contributed by atoms with Gasteiger partial charge < -0.3 is 14.0 Å². The number of rotatable bonds is 10. The molecule has 7 heteroatoms. The van der Waals surface area contributed by atoms with Crippen LogP contribution >= 0.6 is 0 Å². The summed E-state index contributed by atoms with van der Waals surface area (Å²) in [6, 6.07) is 38.1. The quantitative estimate of drug-likeness (QED) is 0.103. The molecule has 0 atom stereocenters. The predicted molar refractivity (Wildman–Crippen MR) is 199 cm³/mol. The minimum atomic E-state index is -0.136. The number of nitrogens with zero attached hydrogens (tertiary/aromatic N) is 4. The van der Waals surface area contributed by atoms with Crippen molar-refractivity contribution in [1.82, 2.24) is 19.3 Å². The van der Waals surface area contributed by atoms with E-state index in [1.807, 2.05) is 50.2 Å². The van der Waals surface area contributed by atoms with E-state index in [-0.39, 0.29) is 31.9 Å². The van der Waals surface area contributed by atoms with Crippen LogP contribution in [0.2, 0.25) is 0 Å². The van der Waals surface area contributed by atoms with Gasteiger partial charge in [-0.25, -0.2) is 4.98 Å². The molecule has 6 nitrogen and oxygen atoms in total. The Labute approximate surface area is 308 Å². The molecule has 0 spiro atoms. The molecule has 50 heavy (non-hydrogen) atoms. The van der Waals surface area contributed by atoms with Crippen molar-refractivity contribution in [3.05, 3.63) is 126 Å². The second-order valence-corrected chi connectivity index (χ2v) is 13.5. The molecule has 7 aromatic rings. The van der Waals surface area contributed by atoms with Crippen LogP contribution in [0.1, 0.15) is 64.9 Å². The first-order chi connectivity index (χ1) is 23.7. The van der Waals surface area contributed by atoms with Gasteiger partial charge in [0, 0.05) is 40.3 Å². The number of hydrogen-bond donors (Lipinski definition) is 0. The molecule has 0 bridgehead atoms. The minimum Gasteiger partial charge on any atom is -0.509 e. The van der Waals surface area contributed by atoms with Crippen LogP contribution in [0.25, 0.3) is 44.4 Å². The van der Waals surface area contributed by atoms with Crippen molar-refractivity contribution < 1.29 is 29.9 Å². The van der Waals surface area contributed by atoms with Crippen molar-refractivity contribution in [1.29, 1.82) is 0 Å². The number of pyridine rings is 1. The van der Waals surface area contributed by atoms with Crippen LogP contribution < -0.4 is 9.47 Å². The maximum Gasteiger partial charge on any atom is 2.00 e. The van der Waals surface area contributed by atoms with Crippen LogP contribution in [0.15, 0.2) is 97.2 Å². The predicted octanol–water partition coefficient (Wildman–Crippen LogP) is 10.8. The number of aromatic nitrogens is 4. The standard InChI is InChI=1S/C43H42N4O2.Pd/c1-8-37-41(30-19-17-29(5)18-20-30)42(43(6,7)9-2)47(45-37)31-13-12-14-32(25-31)49-33-21-22-36-35-15-10-11-16-38(35)46(39(36)26-33)40-27-34(23-24-44-40)48-28(3)4;/h10-24,27-28H,8-9H2,1-7H3;/q-2;+2. The maximum atomic E-state index is 6.51. The fraction of sp³-hybridized carbons (Fsp3) is 0.256. The van der Waals surface area contributed by atoms with Crippen LogP contribution in [0.4, 0.5) is 0 Å². The molecule has 256 valence electrons. The van der Waals surface area contributed by atoms with Gasteiger partial charge in [-0.2, -0.15) is 17.2 Å². The van der Waals surface area contributed by atoms with Crippen LogP contribution in [-0.4, -0.2) is 25.4 Å². The molecular weight excluding hydrogens is 711 g/mol. The number of para-hydroxylation sites is 1. The van der Waals surface area contributed by atoms with Gasteiger partial charge in [-0.1, -0.05) is 81.2 Å². The second kappa shape index (κ2) is 14.3. The van der Waals surface area contributed by atoms with E-state index in [1.165, 1.54) is 22.4 Å². The first kappa shape index (κ1) is 35.1. The summed E-state index contributed by atoms with van der Waals surface area (Å²) in [4.78, 5) is 4.73. The Morgan fingerprint density at radius 2 is 1.60 bits per heavy atom. The molecule has 0 unspecified atom stereocenters. The summed E-state index contributed by atoms with van der Waals surface area (Å²) in [6.45, 7) is 15.2. The molecule has 0 aliphatic carbocycles. The molecule has 0 fully saturated rings. The first-order valence-corrected chi connectivity index (χ1v) is 17.2. The largest absolute Gasteiger partial charge is 2.00 e. The van der Waals surface area contributed by atoms with Gasteiger partial charge in [-0.3, -0.25) is 4.68 Å². The van der Waals surface area contributed by atoms with E-state index in [0.29, 0.717) is 11.5 Å². The van der Waals surface area contributed by atoms with Gasteiger partial charge in [-0.15, -0.1) is 35.7 Å². The van der Waals surface area contributed by atoms with Crippen LogP contribution in [0.3, 0.4) is 0 Å². The summed E-state index contributed by atoms with van der Waals surface area (Å²) in [5.74, 6) is 2.70. The molecule has 3 aromatic heterocycles. The molecule has 3 heterocycles. The van der Waals surface area contributed by atoms with Crippen LogP contribution in [0.5, 0.6) is 17.2 Å². The van der Waals surface area contributed by atoms with E-state index < -0.39 is 0 Å². The molecule has 0 saturated carbocycles. The zero-order valence-corrected chi connectivity index (χ0v) is 31.2. The van der Waals surface area contributed by atoms with E-state index in [4.69, 9.17) is 19.6 Å². The number of benzene rings is 4. The Morgan fingerprint density at radius 1 is 0.840 bits per heavy atom. The van der Waals surface area contributed by atoms with Crippen LogP contribution in [-0.2, 0) is 32.3 Å². The zero-order chi connectivity index (χ0) is 34.3. The molecular formula is C43H42N4O2Pd. The third-order valence-corrected chi connectivity index (χ3v) is 9.23. The minimum absolute atomic E-state index is 0. The SMILES string of the molecule is CCc1nn(-c2[c-]c(Oc3[c-]c4c(cc3)c3ccccc3n4-c3cc(OC(C)C)ccn3)ccc2)c(C(C)(C)CC)c1-c1ccc(C)cc1.[Pd+2]. The summed E-state index contributed by atoms with van der Waals surface area (Å²) >= 11 is 0. The van der Waals surface area contributed by atoms with Gasteiger partial charge >= 0.3 is 20.4 Å². The third-order valence-electron chi connectivity index (χ3n) is 9.23. The summed E-state index contributed by atoms with van der Waals surface area (Å²) in [6.07, 6.45) is 3.62. The monoisotopic (exact) mass is 752 g/mol. The van der Waals surface area contributed by atoms with Gasteiger partial charge in [0.05, 0.1) is 17.5 Å². The summed E-state index contributed by atoms with van der Waals surface area (Å²) < 4.78 is 16.7. The summed E-state index contributed by atoms with van der Waals surface area (Å²) in [7, 11) is 0. The molecule has 0 aliphatic heterocycles. The number of aryl methyl sites for hydroxylation is 2. The van der Waals surface area contributed by atoms with Crippen molar-refractivity contribution in [3.8, 4) is 39.9 Å². The van der Waals surface area contributed by atoms with E-state index in [0.717, 1.165) is 57.6 Å². The normalized spacial score (nSPS) is 11.7. The average molecular weight is 753 g/mol. The first-order valence-electron chi connectivity index (χ1n) is 17.2. The molecule has 4 aromatic carbocycles. The smallest absolute Gasteiger partial charge is 0.509 e. The topological polar surface area (TPSA) is 54.1 Å². The number of fused-ring (bicyclic) bond motifs is 3. The van der Waals surface area contributed by atoms with E-state index >= 15 is 0 Å². The van der Waals surface area contributed by atoms with Gasteiger partial charge in [0.1, 0.15) is 11.6 Å². The van der Waals surface area contributed by atoms with Crippen molar-refractivity contribution in [2.75, 3.05) is 0 Å². The molecule has 0 aliphatic rings. The molecule has 0 saturated heterocycles. The van der Waals surface area contributed by atoms with Crippen molar-refractivity contribution in [2.24, 2.45) is 0 Å². The average Bonchev–Trinajstić information content (AvgIpc) is 3.65. The maximum absolute atomic E-state index is 6.51. The molecule has 7 rings (SSSR count). The van der Waals surface area contributed by atoms with E-state index in [1.54, 1.807) is 6.20 Å². The van der Waals surface area contributed by atoms with Crippen molar-refractivity contribution >= 4 is 21.8 Å². The Bertz CT molecular complexity index is 2280. The molecule has 0 radical (unpaired) electrons. The van der Waals surface area contributed by atoms with Crippen molar-refractivity contribution in [2.45, 2.75) is 72.8 Å². The van der Waals surface area contributed by atoms with E-state index in [2.05, 4.69) is 111 Å². The van der Waals surface area contributed by atoms with Gasteiger partial charge in [0.25, 0.3) is 0 Å². The Morgan fingerprint density at radius 3 is 2.34 bits per heavy atom. The summed E-state index contributed by atoms with van der Waals surface area (Å²) in [5, 5.41) is 7.38. The Kier molecular flexibility index (Phi) is 10.0. The zero-order valence-electron chi connectivity index (χ0n) is 29.7. The number of ether oxygens (including phenoxy) is 2. The Balaban J connectivity index is 0.00000432. The Hall–Kier alpha value is -4.70. The molecule has 0 amide bonds. The third kappa shape index (κ3) is 6.61. The summed E-state index contributed by atoms with van der Waals surface area (Å²) in [5.41, 5.74) is 8.49. The fourth-order valence-corrected chi connectivity index (χ4v) is 6.48.